The number of benzene rings is 1. The molecule has 1 aromatic carbocycles. The molecule has 5 heteroatoms. The molecule has 3 N–H and O–H groups in total. The first-order valence-corrected chi connectivity index (χ1v) is 6.45. The summed E-state index contributed by atoms with van der Waals surface area (Å²) < 4.78 is 0. The monoisotopic (exact) mass is 262 g/mol. The van der Waals surface area contributed by atoms with Crippen molar-refractivity contribution >= 4 is 12.0 Å². The first-order valence-electron chi connectivity index (χ1n) is 6.45. The second-order valence-corrected chi connectivity index (χ2v) is 4.79. The molecule has 19 heavy (non-hydrogen) atoms. The number of carbonyl (C=O) groups excluding carboxylic acids is 1. The third kappa shape index (κ3) is 3.05. The van der Waals surface area contributed by atoms with Crippen molar-refractivity contribution in [1.29, 1.82) is 0 Å². The average molecular weight is 262 g/mol. The molecular weight excluding hydrogens is 244 g/mol. The minimum Gasteiger partial charge on any atom is -0.465 e. The van der Waals surface area contributed by atoms with E-state index in [1.165, 1.54) is 0 Å². The van der Waals surface area contributed by atoms with Crippen molar-refractivity contribution in [3.63, 3.8) is 0 Å². The van der Waals surface area contributed by atoms with E-state index in [4.69, 9.17) is 5.11 Å². The normalized spacial score (nSPS) is 25.9. The molecule has 0 spiro atoms. The van der Waals surface area contributed by atoms with Crippen molar-refractivity contribution in [2.24, 2.45) is 5.92 Å². The molecule has 0 aliphatic carbocycles. The molecular formula is C14H18N2O3. The molecule has 5 nitrogen and oxygen atoms in total. The zero-order chi connectivity index (χ0) is 13.8. The van der Waals surface area contributed by atoms with Crippen LogP contribution in [0.4, 0.5) is 4.79 Å². The van der Waals surface area contributed by atoms with Crippen molar-refractivity contribution in [2.45, 2.75) is 31.8 Å². The van der Waals surface area contributed by atoms with Gasteiger partial charge in [-0.2, -0.15) is 0 Å². The Morgan fingerprint density at radius 3 is 2.63 bits per heavy atom. The highest BCUT2D eigenvalue weighted by Crippen LogP contribution is 2.23. The molecule has 0 saturated carbocycles. The minimum absolute atomic E-state index is 0.0746. The van der Waals surface area contributed by atoms with Gasteiger partial charge in [0.05, 0.1) is 12.0 Å². The van der Waals surface area contributed by atoms with Gasteiger partial charge in [-0.15, -0.1) is 0 Å². The highest BCUT2D eigenvalue weighted by atomic mass is 16.4. The summed E-state index contributed by atoms with van der Waals surface area (Å²) in [6.45, 7) is 1.94. The molecule has 102 valence electrons. The maximum absolute atomic E-state index is 12.0. The molecule has 0 bridgehead atoms. The molecule has 2 amide bonds. The third-order valence-corrected chi connectivity index (χ3v) is 3.56. The maximum Gasteiger partial charge on any atom is 0.404 e. The lowest BCUT2D eigenvalue weighted by Crippen LogP contribution is -2.45. The van der Waals surface area contributed by atoms with Crippen molar-refractivity contribution in [1.82, 2.24) is 10.6 Å². The van der Waals surface area contributed by atoms with E-state index in [0.717, 1.165) is 5.56 Å². The fourth-order valence-electron chi connectivity index (χ4n) is 2.61. The molecule has 1 saturated heterocycles. The summed E-state index contributed by atoms with van der Waals surface area (Å²) >= 11 is 0. The second-order valence-electron chi connectivity index (χ2n) is 4.79. The van der Waals surface area contributed by atoms with Gasteiger partial charge in [0.15, 0.2) is 0 Å². The van der Waals surface area contributed by atoms with Gasteiger partial charge in [0.25, 0.3) is 0 Å². The summed E-state index contributed by atoms with van der Waals surface area (Å²) in [6, 6.07) is 9.15. The molecule has 1 aliphatic heterocycles. The summed E-state index contributed by atoms with van der Waals surface area (Å²) in [5.41, 5.74) is 1.04. The van der Waals surface area contributed by atoms with Gasteiger partial charge in [0, 0.05) is 6.04 Å². The smallest absolute Gasteiger partial charge is 0.404 e. The average Bonchev–Trinajstić information content (AvgIpc) is 2.67. The lowest BCUT2D eigenvalue weighted by molar-refractivity contribution is -0.122. The fourth-order valence-corrected chi connectivity index (χ4v) is 2.61. The predicted octanol–water partition coefficient (Wildman–Crippen LogP) is 1.39. The first kappa shape index (κ1) is 13.4. The largest absolute Gasteiger partial charge is 0.465 e. The highest BCUT2D eigenvalue weighted by Gasteiger charge is 2.41. The Morgan fingerprint density at radius 1 is 1.37 bits per heavy atom. The zero-order valence-corrected chi connectivity index (χ0v) is 10.8. The Morgan fingerprint density at radius 2 is 2.05 bits per heavy atom. The minimum atomic E-state index is -1.09. The third-order valence-electron chi connectivity index (χ3n) is 3.56. The van der Waals surface area contributed by atoms with E-state index >= 15 is 0 Å². The second kappa shape index (κ2) is 5.73. The molecule has 1 aliphatic rings. The number of hydrogen-bond acceptors (Lipinski definition) is 2. The molecule has 1 heterocycles. The van der Waals surface area contributed by atoms with E-state index in [-0.39, 0.29) is 23.9 Å². The van der Waals surface area contributed by atoms with E-state index in [1.807, 2.05) is 37.3 Å². The summed E-state index contributed by atoms with van der Waals surface area (Å²) in [5, 5.41) is 14.2. The summed E-state index contributed by atoms with van der Waals surface area (Å²) in [5.74, 6) is -0.419. The topological polar surface area (TPSA) is 78.4 Å². The molecule has 1 fully saturated rings. The Hall–Kier alpha value is -2.04. The van der Waals surface area contributed by atoms with Gasteiger partial charge in [0.2, 0.25) is 5.91 Å². The summed E-state index contributed by atoms with van der Waals surface area (Å²) in [7, 11) is 0. The molecule has 2 rings (SSSR count). The lowest BCUT2D eigenvalue weighted by Gasteiger charge is -2.21. The van der Waals surface area contributed by atoms with Crippen LogP contribution >= 0.6 is 0 Å². The number of carboxylic acid groups (broad SMARTS) is 1. The van der Waals surface area contributed by atoms with Crippen LogP contribution in [0.5, 0.6) is 0 Å². The number of rotatable bonds is 4. The number of amides is 2. The van der Waals surface area contributed by atoms with Crippen LogP contribution in [0.25, 0.3) is 0 Å². The van der Waals surface area contributed by atoms with Crippen molar-refractivity contribution in [3.05, 3.63) is 35.9 Å². The molecule has 0 aromatic heterocycles. The lowest BCUT2D eigenvalue weighted by atomic mass is 9.91. The van der Waals surface area contributed by atoms with Gasteiger partial charge >= 0.3 is 6.09 Å². The molecule has 3 atom stereocenters. The van der Waals surface area contributed by atoms with E-state index < -0.39 is 6.09 Å². The van der Waals surface area contributed by atoms with Crippen molar-refractivity contribution in [3.8, 4) is 0 Å². The Bertz CT molecular complexity index is 461. The van der Waals surface area contributed by atoms with Crippen LogP contribution in [-0.4, -0.2) is 29.2 Å². The summed E-state index contributed by atoms with van der Waals surface area (Å²) in [4.78, 5) is 22.9. The quantitative estimate of drug-likeness (QED) is 0.767. The first-order chi connectivity index (χ1) is 9.11. The number of carbonyl (C=O) groups is 2. The van der Waals surface area contributed by atoms with Crippen LogP contribution < -0.4 is 10.6 Å². The van der Waals surface area contributed by atoms with Crippen molar-refractivity contribution < 1.29 is 14.7 Å². The molecule has 0 unspecified atom stereocenters. The van der Waals surface area contributed by atoms with E-state index in [2.05, 4.69) is 10.6 Å². The standard InChI is InChI=1S/C14H18N2O3/c1-2-11-12(16-14(18)19)10(13(17)15-11)8-9-6-4-3-5-7-9/h3-7,10-12,16H,2,8H2,1H3,(H,15,17)(H,18,19)/t10-,11+,12-/m0/s1. The Labute approximate surface area is 112 Å². The maximum atomic E-state index is 12.0. The fraction of sp³-hybridized carbons (Fsp3) is 0.429. The van der Waals surface area contributed by atoms with Gasteiger partial charge in [-0.1, -0.05) is 37.3 Å². The highest BCUT2D eigenvalue weighted by molar-refractivity contribution is 5.84. The van der Waals surface area contributed by atoms with E-state index in [1.54, 1.807) is 0 Å². The van der Waals surface area contributed by atoms with Crippen LogP contribution in [0, 0.1) is 5.92 Å². The van der Waals surface area contributed by atoms with Gasteiger partial charge in [-0.25, -0.2) is 4.79 Å². The van der Waals surface area contributed by atoms with E-state index in [9.17, 15) is 9.59 Å². The number of hydrogen-bond donors (Lipinski definition) is 3. The zero-order valence-electron chi connectivity index (χ0n) is 10.8. The van der Waals surface area contributed by atoms with E-state index in [0.29, 0.717) is 12.8 Å². The Kier molecular flexibility index (Phi) is 4.04. The summed E-state index contributed by atoms with van der Waals surface area (Å²) in [6.07, 6.45) is 0.175. The Balaban J connectivity index is 2.15. The van der Waals surface area contributed by atoms with Crippen LogP contribution in [0.3, 0.4) is 0 Å². The van der Waals surface area contributed by atoms with Crippen LogP contribution in [0.1, 0.15) is 18.9 Å². The van der Waals surface area contributed by atoms with Gasteiger partial charge in [0.1, 0.15) is 0 Å². The number of nitrogens with one attached hydrogen (secondary N) is 2. The molecule has 1 aromatic rings. The van der Waals surface area contributed by atoms with Crippen LogP contribution in [0.2, 0.25) is 0 Å². The predicted molar refractivity (Wildman–Crippen MR) is 70.8 cm³/mol. The van der Waals surface area contributed by atoms with Gasteiger partial charge < -0.3 is 15.7 Å². The van der Waals surface area contributed by atoms with Gasteiger partial charge in [-0.05, 0) is 18.4 Å². The van der Waals surface area contributed by atoms with Crippen molar-refractivity contribution in [2.75, 3.05) is 0 Å². The van der Waals surface area contributed by atoms with Crippen LogP contribution in [-0.2, 0) is 11.2 Å². The van der Waals surface area contributed by atoms with Crippen LogP contribution in [0.15, 0.2) is 30.3 Å². The van der Waals surface area contributed by atoms with Gasteiger partial charge in [-0.3, -0.25) is 4.79 Å². The molecule has 0 radical (unpaired) electrons. The SMILES string of the molecule is CC[C@H]1NC(=O)[C@@H](Cc2ccccc2)[C@@H]1NC(=O)O.